The summed E-state index contributed by atoms with van der Waals surface area (Å²) in [6.45, 7) is 1.39. The van der Waals surface area contributed by atoms with Gasteiger partial charge in [0.05, 0.1) is 25.9 Å². The Kier molecular flexibility index (Phi) is 6.78. The van der Waals surface area contributed by atoms with Gasteiger partial charge in [0, 0.05) is 18.0 Å². The first-order chi connectivity index (χ1) is 13.7. The third kappa shape index (κ3) is 5.70. The molecule has 2 aromatic heterocycles. The summed E-state index contributed by atoms with van der Waals surface area (Å²) in [5.74, 6) is 1.99. The number of nitrogens with zero attached hydrogens (tertiary/aromatic N) is 2. The third-order valence-corrected chi connectivity index (χ3v) is 3.91. The molecule has 3 aromatic rings. The third-order valence-electron chi connectivity index (χ3n) is 3.91. The van der Waals surface area contributed by atoms with E-state index in [0.29, 0.717) is 31.1 Å². The summed E-state index contributed by atoms with van der Waals surface area (Å²) in [5.41, 5.74) is 1.34. The van der Waals surface area contributed by atoms with E-state index in [1.807, 2.05) is 42.5 Å². The van der Waals surface area contributed by atoms with Gasteiger partial charge < -0.3 is 20.1 Å². The molecular formula is C21H22N4O3. The van der Waals surface area contributed by atoms with Crippen LogP contribution in [0.15, 0.2) is 67.0 Å². The van der Waals surface area contributed by atoms with Crippen LogP contribution in [0.25, 0.3) is 0 Å². The highest BCUT2D eigenvalue weighted by atomic mass is 16.5. The molecule has 0 bridgehead atoms. The largest absolute Gasteiger partial charge is 0.497 e. The molecule has 0 atom stereocenters. The van der Waals surface area contributed by atoms with Crippen LogP contribution in [0.4, 0.5) is 5.82 Å². The van der Waals surface area contributed by atoms with Gasteiger partial charge in [0.2, 0.25) is 0 Å². The van der Waals surface area contributed by atoms with Crippen LogP contribution in [-0.4, -0.2) is 36.1 Å². The monoisotopic (exact) mass is 378 g/mol. The average Bonchev–Trinajstić information content (AvgIpc) is 2.76. The summed E-state index contributed by atoms with van der Waals surface area (Å²) in [7, 11) is 1.62. The van der Waals surface area contributed by atoms with Crippen molar-refractivity contribution in [2.24, 2.45) is 0 Å². The zero-order valence-electron chi connectivity index (χ0n) is 15.6. The Hall–Kier alpha value is -3.61. The molecule has 0 spiro atoms. The lowest BCUT2D eigenvalue weighted by atomic mass is 10.2. The van der Waals surface area contributed by atoms with E-state index >= 15 is 0 Å². The molecule has 1 amide bonds. The van der Waals surface area contributed by atoms with Gasteiger partial charge >= 0.3 is 0 Å². The fourth-order valence-electron chi connectivity index (χ4n) is 2.46. The van der Waals surface area contributed by atoms with Crippen LogP contribution in [0.3, 0.4) is 0 Å². The SMILES string of the molecule is COc1ccc(OCCNc2cc(C(=O)NCc3ccccn3)ccn2)cc1. The van der Waals surface area contributed by atoms with Gasteiger partial charge in [-0.25, -0.2) is 4.98 Å². The predicted molar refractivity (Wildman–Crippen MR) is 107 cm³/mol. The van der Waals surface area contributed by atoms with E-state index in [2.05, 4.69) is 20.6 Å². The highest BCUT2D eigenvalue weighted by Gasteiger charge is 2.07. The molecule has 0 unspecified atom stereocenters. The van der Waals surface area contributed by atoms with Gasteiger partial charge in [-0.15, -0.1) is 0 Å². The normalized spacial score (nSPS) is 10.2. The maximum absolute atomic E-state index is 12.3. The second kappa shape index (κ2) is 9.91. The molecule has 28 heavy (non-hydrogen) atoms. The summed E-state index contributed by atoms with van der Waals surface area (Å²) in [6, 6.07) is 16.4. The lowest BCUT2D eigenvalue weighted by molar-refractivity contribution is 0.0950. The molecule has 0 aliphatic carbocycles. The number of hydrogen-bond donors (Lipinski definition) is 2. The van der Waals surface area contributed by atoms with E-state index < -0.39 is 0 Å². The molecule has 2 N–H and O–H groups in total. The van der Waals surface area contributed by atoms with Gasteiger partial charge in [-0.2, -0.15) is 0 Å². The molecule has 3 rings (SSSR count). The van der Waals surface area contributed by atoms with E-state index in [4.69, 9.17) is 9.47 Å². The summed E-state index contributed by atoms with van der Waals surface area (Å²) in [6.07, 6.45) is 3.30. The summed E-state index contributed by atoms with van der Waals surface area (Å²) in [5, 5.41) is 6.00. The smallest absolute Gasteiger partial charge is 0.251 e. The molecule has 0 saturated carbocycles. The first-order valence-electron chi connectivity index (χ1n) is 8.89. The first-order valence-corrected chi connectivity index (χ1v) is 8.89. The van der Waals surface area contributed by atoms with Crippen molar-refractivity contribution in [3.8, 4) is 11.5 Å². The van der Waals surface area contributed by atoms with Gasteiger partial charge in [0.25, 0.3) is 5.91 Å². The van der Waals surface area contributed by atoms with E-state index in [0.717, 1.165) is 17.2 Å². The fourth-order valence-corrected chi connectivity index (χ4v) is 2.46. The van der Waals surface area contributed by atoms with Crippen LogP contribution in [-0.2, 0) is 6.54 Å². The number of benzene rings is 1. The van der Waals surface area contributed by atoms with Crippen molar-refractivity contribution < 1.29 is 14.3 Å². The second-order valence-electron chi connectivity index (χ2n) is 5.88. The lowest BCUT2D eigenvalue weighted by Gasteiger charge is -2.10. The van der Waals surface area contributed by atoms with Crippen LogP contribution in [0.5, 0.6) is 11.5 Å². The predicted octanol–water partition coefficient (Wildman–Crippen LogP) is 2.91. The number of methoxy groups -OCH3 is 1. The van der Waals surface area contributed by atoms with E-state index in [1.165, 1.54) is 0 Å². The molecular weight excluding hydrogens is 356 g/mol. The Balaban J connectivity index is 1.45. The lowest BCUT2D eigenvalue weighted by Crippen LogP contribution is -2.23. The first kappa shape index (κ1) is 19.2. The van der Waals surface area contributed by atoms with Gasteiger partial charge in [-0.05, 0) is 48.5 Å². The van der Waals surface area contributed by atoms with Crippen LogP contribution >= 0.6 is 0 Å². The molecule has 0 saturated heterocycles. The standard InChI is InChI=1S/C21H22N4O3/c1-27-18-5-7-19(8-6-18)28-13-12-24-20-14-16(9-11-23-20)21(26)25-15-17-4-2-3-10-22-17/h2-11,14H,12-13,15H2,1H3,(H,23,24)(H,25,26). The fraction of sp³-hybridized carbons (Fsp3) is 0.190. The minimum absolute atomic E-state index is 0.175. The minimum atomic E-state index is -0.175. The number of hydrogen-bond acceptors (Lipinski definition) is 6. The number of amides is 1. The Labute approximate surface area is 163 Å². The quantitative estimate of drug-likeness (QED) is 0.557. The second-order valence-corrected chi connectivity index (χ2v) is 5.88. The molecule has 7 nitrogen and oxygen atoms in total. The molecule has 7 heteroatoms. The van der Waals surface area contributed by atoms with Crippen molar-refractivity contribution in [1.29, 1.82) is 0 Å². The van der Waals surface area contributed by atoms with Crippen molar-refractivity contribution in [2.75, 3.05) is 25.6 Å². The number of rotatable bonds is 9. The van der Waals surface area contributed by atoms with Gasteiger partial charge in [0.15, 0.2) is 0 Å². The topological polar surface area (TPSA) is 85.4 Å². The Morgan fingerprint density at radius 3 is 2.57 bits per heavy atom. The zero-order valence-corrected chi connectivity index (χ0v) is 15.6. The Bertz CT molecular complexity index is 886. The number of aromatic nitrogens is 2. The minimum Gasteiger partial charge on any atom is -0.497 e. The highest BCUT2D eigenvalue weighted by Crippen LogP contribution is 2.16. The summed E-state index contributed by atoms with van der Waals surface area (Å²) < 4.78 is 10.8. The molecule has 0 fully saturated rings. The number of anilines is 1. The molecule has 0 radical (unpaired) electrons. The van der Waals surface area contributed by atoms with Crippen molar-refractivity contribution in [3.63, 3.8) is 0 Å². The summed E-state index contributed by atoms with van der Waals surface area (Å²) >= 11 is 0. The molecule has 0 aliphatic rings. The molecule has 144 valence electrons. The summed E-state index contributed by atoms with van der Waals surface area (Å²) in [4.78, 5) is 20.7. The van der Waals surface area contributed by atoms with Gasteiger partial charge in [0.1, 0.15) is 23.9 Å². The van der Waals surface area contributed by atoms with E-state index in [-0.39, 0.29) is 5.91 Å². The maximum Gasteiger partial charge on any atom is 0.251 e. The van der Waals surface area contributed by atoms with E-state index in [1.54, 1.807) is 31.6 Å². The van der Waals surface area contributed by atoms with Crippen molar-refractivity contribution in [1.82, 2.24) is 15.3 Å². The van der Waals surface area contributed by atoms with Crippen molar-refractivity contribution in [2.45, 2.75) is 6.54 Å². The van der Waals surface area contributed by atoms with Gasteiger partial charge in [-0.1, -0.05) is 6.07 Å². The maximum atomic E-state index is 12.3. The van der Waals surface area contributed by atoms with Gasteiger partial charge in [-0.3, -0.25) is 9.78 Å². The molecule has 0 aliphatic heterocycles. The number of pyridine rings is 2. The van der Waals surface area contributed by atoms with Crippen LogP contribution in [0, 0.1) is 0 Å². The molecule has 1 aromatic carbocycles. The van der Waals surface area contributed by atoms with E-state index in [9.17, 15) is 4.79 Å². The Morgan fingerprint density at radius 2 is 1.82 bits per heavy atom. The number of ether oxygens (including phenoxy) is 2. The number of carbonyl (C=O) groups is 1. The van der Waals surface area contributed by atoms with Crippen molar-refractivity contribution >= 4 is 11.7 Å². The van der Waals surface area contributed by atoms with Crippen LogP contribution < -0.4 is 20.1 Å². The van der Waals surface area contributed by atoms with Crippen LogP contribution in [0.1, 0.15) is 16.1 Å². The Morgan fingerprint density at radius 1 is 1.00 bits per heavy atom. The molecule has 2 heterocycles. The average molecular weight is 378 g/mol. The van der Waals surface area contributed by atoms with Crippen LogP contribution in [0.2, 0.25) is 0 Å². The number of nitrogens with one attached hydrogen (secondary N) is 2. The highest BCUT2D eigenvalue weighted by molar-refractivity contribution is 5.94. The number of carbonyl (C=O) groups excluding carboxylic acids is 1. The van der Waals surface area contributed by atoms with Crippen molar-refractivity contribution in [3.05, 3.63) is 78.2 Å². The zero-order chi connectivity index (χ0) is 19.6.